The predicted molar refractivity (Wildman–Crippen MR) is 110 cm³/mol. The minimum atomic E-state index is -0.966. The zero-order valence-electron chi connectivity index (χ0n) is 16.7. The number of benzene rings is 1. The van der Waals surface area contributed by atoms with E-state index in [4.69, 9.17) is 11.6 Å². The first-order chi connectivity index (χ1) is 14.3. The molecule has 9 heteroatoms. The van der Waals surface area contributed by atoms with Crippen molar-refractivity contribution in [3.63, 3.8) is 0 Å². The minimum Gasteiger partial charge on any atom is -0.353 e. The van der Waals surface area contributed by atoms with Crippen LogP contribution in [0.1, 0.15) is 24.2 Å². The van der Waals surface area contributed by atoms with Gasteiger partial charge < -0.3 is 15.1 Å². The predicted octanol–water partition coefficient (Wildman–Crippen LogP) is 3.12. The van der Waals surface area contributed by atoms with Crippen molar-refractivity contribution in [2.75, 3.05) is 31.1 Å². The van der Waals surface area contributed by atoms with Crippen LogP contribution in [0.2, 0.25) is 5.02 Å². The average Bonchev–Trinajstić information content (AvgIpc) is 2.72. The number of carbonyl (C=O) groups excluding carboxylic acids is 2. The molecule has 1 aromatic carbocycles. The summed E-state index contributed by atoms with van der Waals surface area (Å²) < 4.78 is 27.8. The lowest BCUT2D eigenvalue weighted by molar-refractivity contribution is -0.134. The van der Waals surface area contributed by atoms with Crippen LogP contribution in [0.5, 0.6) is 0 Å². The van der Waals surface area contributed by atoms with Gasteiger partial charge in [-0.15, -0.1) is 0 Å². The molecule has 1 saturated heterocycles. The molecule has 6 nitrogen and oxygen atoms in total. The third-order valence-corrected chi connectivity index (χ3v) is 5.26. The van der Waals surface area contributed by atoms with E-state index < -0.39 is 29.1 Å². The van der Waals surface area contributed by atoms with Gasteiger partial charge in [0.2, 0.25) is 5.91 Å². The quantitative estimate of drug-likeness (QED) is 0.782. The number of amides is 2. The standard InChI is InChI=1S/C21H23ClF2N4O2/c1-13(2)19(26-20(29)18-15(23)4-3-5-16(18)24)21(30)28-10-8-27(9-11-28)17-7-6-14(22)12-25-17/h3-7,12-13,19H,8-11H2,1-2H3,(H,26,29). The van der Waals surface area contributed by atoms with E-state index in [0.29, 0.717) is 31.2 Å². The third-order valence-electron chi connectivity index (χ3n) is 5.04. The molecule has 1 aliphatic heterocycles. The fourth-order valence-corrected chi connectivity index (χ4v) is 3.46. The first kappa shape index (κ1) is 22.0. The Morgan fingerprint density at radius 1 is 1.07 bits per heavy atom. The third kappa shape index (κ3) is 4.87. The lowest BCUT2D eigenvalue weighted by atomic mass is 10.0. The number of hydrogen-bond donors (Lipinski definition) is 1. The molecule has 2 aromatic rings. The molecule has 1 atom stereocenters. The van der Waals surface area contributed by atoms with Crippen molar-refractivity contribution < 1.29 is 18.4 Å². The summed E-state index contributed by atoms with van der Waals surface area (Å²) in [7, 11) is 0. The van der Waals surface area contributed by atoms with Gasteiger partial charge in [0.05, 0.1) is 5.02 Å². The molecule has 2 amide bonds. The maximum Gasteiger partial charge on any atom is 0.257 e. The van der Waals surface area contributed by atoms with Crippen LogP contribution >= 0.6 is 11.6 Å². The van der Waals surface area contributed by atoms with E-state index in [1.807, 2.05) is 11.0 Å². The molecular formula is C21H23ClF2N4O2. The molecule has 1 aliphatic rings. The SMILES string of the molecule is CC(C)C(NC(=O)c1c(F)cccc1F)C(=O)N1CCN(c2ccc(Cl)cn2)CC1. The summed E-state index contributed by atoms with van der Waals surface area (Å²) in [6.07, 6.45) is 1.57. The van der Waals surface area contributed by atoms with Crippen molar-refractivity contribution in [1.82, 2.24) is 15.2 Å². The summed E-state index contributed by atoms with van der Waals surface area (Å²) in [5.74, 6) is -2.64. The van der Waals surface area contributed by atoms with Gasteiger partial charge in [-0.3, -0.25) is 9.59 Å². The molecule has 0 bridgehead atoms. The number of rotatable bonds is 5. The molecule has 2 heterocycles. The van der Waals surface area contributed by atoms with Crippen molar-refractivity contribution in [3.05, 3.63) is 58.7 Å². The second-order valence-corrected chi connectivity index (χ2v) is 7.88. The molecule has 0 spiro atoms. The van der Waals surface area contributed by atoms with Gasteiger partial charge >= 0.3 is 0 Å². The summed E-state index contributed by atoms with van der Waals surface area (Å²) in [5, 5.41) is 3.06. The summed E-state index contributed by atoms with van der Waals surface area (Å²) in [5.41, 5.74) is -0.686. The van der Waals surface area contributed by atoms with Crippen LogP contribution in [-0.4, -0.2) is 53.9 Å². The van der Waals surface area contributed by atoms with Crippen LogP contribution < -0.4 is 10.2 Å². The maximum atomic E-state index is 13.9. The molecule has 3 rings (SSSR count). The van der Waals surface area contributed by atoms with Gasteiger partial charge in [-0.05, 0) is 30.2 Å². The number of nitrogens with one attached hydrogen (secondary N) is 1. The molecule has 0 aliphatic carbocycles. The van der Waals surface area contributed by atoms with E-state index in [1.54, 1.807) is 31.0 Å². The van der Waals surface area contributed by atoms with Gasteiger partial charge in [0.15, 0.2) is 0 Å². The van der Waals surface area contributed by atoms with Crippen LogP contribution in [0.15, 0.2) is 36.5 Å². The minimum absolute atomic E-state index is 0.257. The van der Waals surface area contributed by atoms with Crippen LogP contribution in [0, 0.1) is 17.6 Å². The summed E-state index contributed by atoms with van der Waals surface area (Å²) in [6, 6.07) is 5.88. The second kappa shape index (κ2) is 9.38. The largest absolute Gasteiger partial charge is 0.353 e. The van der Waals surface area contributed by atoms with E-state index in [9.17, 15) is 18.4 Å². The monoisotopic (exact) mass is 436 g/mol. The van der Waals surface area contributed by atoms with Crippen LogP contribution in [0.3, 0.4) is 0 Å². The number of aromatic nitrogens is 1. The smallest absolute Gasteiger partial charge is 0.257 e. The van der Waals surface area contributed by atoms with Crippen molar-refractivity contribution in [3.8, 4) is 0 Å². The van der Waals surface area contributed by atoms with Crippen molar-refractivity contribution in [1.29, 1.82) is 0 Å². The molecule has 160 valence electrons. The summed E-state index contributed by atoms with van der Waals surface area (Å²) >= 11 is 5.87. The van der Waals surface area contributed by atoms with Gasteiger partial charge in [-0.1, -0.05) is 31.5 Å². The zero-order valence-corrected chi connectivity index (χ0v) is 17.5. The Labute approximate surface area is 178 Å². The van der Waals surface area contributed by atoms with Crippen LogP contribution in [-0.2, 0) is 4.79 Å². The Bertz CT molecular complexity index is 895. The number of piperazine rings is 1. The Morgan fingerprint density at radius 2 is 1.70 bits per heavy atom. The highest BCUT2D eigenvalue weighted by atomic mass is 35.5. The van der Waals surface area contributed by atoms with Crippen LogP contribution in [0.4, 0.5) is 14.6 Å². The fourth-order valence-electron chi connectivity index (χ4n) is 3.35. The fraction of sp³-hybridized carbons (Fsp3) is 0.381. The van der Waals surface area contributed by atoms with Gasteiger partial charge in [-0.25, -0.2) is 13.8 Å². The number of carbonyl (C=O) groups is 2. The van der Waals surface area contributed by atoms with Gasteiger partial charge in [0, 0.05) is 32.4 Å². The summed E-state index contributed by atoms with van der Waals surface area (Å²) in [4.78, 5) is 33.5. The van der Waals surface area contributed by atoms with E-state index in [0.717, 1.165) is 18.0 Å². The first-order valence-electron chi connectivity index (χ1n) is 9.68. The summed E-state index contributed by atoms with van der Waals surface area (Å²) in [6.45, 7) is 5.57. The molecule has 1 N–H and O–H groups in total. The second-order valence-electron chi connectivity index (χ2n) is 7.44. The molecule has 1 unspecified atom stereocenters. The molecule has 0 saturated carbocycles. The Morgan fingerprint density at radius 3 is 2.23 bits per heavy atom. The van der Waals surface area contributed by atoms with Gasteiger partial charge in [0.1, 0.15) is 29.1 Å². The lowest BCUT2D eigenvalue weighted by Gasteiger charge is -2.37. The average molecular weight is 437 g/mol. The van der Waals surface area contributed by atoms with Crippen molar-refractivity contribution >= 4 is 29.2 Å². The van der Waals surface area contributed by atoms with Gasteiger partial charge in [-0.2, -0.15) is 0 Å². The molecule has 1 aromatic heterocycles. The van der Waals surface area contributed by atoms with E-state index >= 15 is 0 Å². The Balaban J connectivity index is 1.66. The molecule has 0 radical (unpaired) electrons. The number of nitrogens with zero attached hydrogens (tertiary/aromatic N) is 3. The lowest BCUT2D eigenvalue weighted by Crippen LogP contribution is -2.56. The van der Waals surface area contributed by atoms with E-state index in [-0.39, 0.29) is 11.8 Å². The zero-order chi connectivity index (χ0) is 21.8. The molecule has 30 heavy (non-hydrogen) atoms. The number of anilines is 1. The normalized spacial score (nSPS) is 15.3. The Kier molecular flexibility index (Phi) is 6.87. The Hall–Kier alpha value is -2.74. The molecular weight excluding hydrogens is 414 g/mol. The van der Waals surface area contributed by atoms with Crippen molar-refractivity contribution in [2.24, 2.45) is 5.92 Å². The molecule has 1 fully saturated rings. The van der Waals surface area contributed by atoms with E-state index in [2.05, 4.69) is 10.3 Å². The number of halogens is 3. The van der Waals surface area contributed by atoms with Crippen LogP contribution in [0.25, 0.3) is 0 Å². The van der Waals surface area contributed by atoms with E-state index in [1.165, 1.54) is 6.07 Å². The highest BCUT2D eigenvalue weighted by molar-refractivity contribution is 6.30. The first-order valence-corrected chi connectivity index (χ1v) is 10.1. The highest BCUT2D eigenvalue weighted by Gasteiger charge is 2.32. The number of hydrogen-bond acceptors (Lipinski definition) is 4. The number of pyridine rings is 1. The van der Waals surface area contributed by atoms with Gasteiger partial charge in [0.25, 0.3) is 5.91 Å². The van der Waals surface area contributed by atoms with Crippen molar-refractivity contribution in [2.45, 2.75) is 19.9 Å². The maximum absolute atomic E-state index is 13.9. The topological polar surface area (TPSA) is 65.5 Å². The highest BCUT2D eigenvalue weighted by Crippen LogP contribution is 2.18.